The molecule has 1 aromatic carbocycles. The molecule has 1 atom stereocenters. The second kappa shape index (κ2) is 8.35. The minimum absolute atomic E-state index is 0.319. The lowest BCUT2D eigenvalue weighted by Crippen LogP contribution is -2.34. The molecule has 2 N–H and O–H groups in total. The first-order chi connectivity index (χ1) is 13.7. The zero-order valence-electron chi connectivity index (χ0n) is 16.1. The first-order valence-corrected chi connectivity index (χ1v) is 9.62. The van der Waals surface area contributed by atoms with Crippen LogP contribution in [0.5, 0.6) is 5.75 Å². The van der Waals surface area contributed by atoms with Crippen LogP contribution in [0.2, 0.25) is 0 Å². The number of hydrogen-bond donors (Lipinski definition) is 1. The van der Waals surface area contributed by atoms with E-state index in [0.29, 0.717) is 11.9 Å². The molecule has 0 saturated carbocycles. The Hall–Kier alpha value is -2.99. The molecule has 2 aromatic heterocycles. The zero-order valence-corrected chi connectivity index (χ0v) is 16.1. The molecule has 0 unspecified atom stereocenters. The second-order valence-corrected chi connectivity index (χ2v) is 7.15. The number of benzene rings is 1. The Labute approximate surface area is 165 Å². The zero-order chi connectivity index (χ0) is 19.3. The Balaban J connectivity index is 1.59. The fourth-order valence-corrected chi connectivity index (χ4v) is 3.86. The lowest BCUT2D eigenvalue weighted by Gasteiger charge is -2.33. The highest BCUT2D eigenvalue weighted by Crippen LogP contribution is 2.34. The van der Waals surface area contributed by atoms with Gasteiger partial charge in [-0.15, -0.1) is 0 Å². The van der Waals surface area contributed by atoms with Gasteiger partial charge in [-0.3, -0.25) is 9.88 Å². The van der Waals surface area contributed by atoms with Crippen LogP contribution in [0.1, 0.15) is 30.1 Å². The quantitative estimate of drug-likeness (QED) is 0.735. The third kappa shape index (κ3) is 4.12. The van der Waals surface area contributed by atoms with Gasteiger partial charge in [-0.05, 0) is 49.2 Å². The number of ether oxygens (including phenoxy) is 1. The Kier molecular flexibility index (Phi) is 5.48. The number of nitrogens with zero attached hydrogens (tertiary/aromatic N) is 4. The van der Waals surface area contributed by atoms with E-state index in [1.807, 2.05) is 48.8 Å². The van der Waals surface area contributed by atoms with Crippen LogP contribution in [-0.4, -0.2) is 40.1 Å². The summed E-state index contributed by atoms with van der Waals surface area (Å²) in [7, 11) is 1.67. The maximum Gasteiger partial charge on any atom is 0.220 e. The molecule has 0 spiro atoms. The number of nitrogens with two attached hydrogens (primary N) is 1. The second-order valence-electron chi connectivity index (χ2n) is 7.15. The van der Waals surface area contributed by atoms with Gasteiger partial charge in [0.1, 0.15) is 5.75 Å². The molecule has 0 aliphatic carbocycles. The van der Waals surface area contributed by atoms with Gasteiger partial charge in [0.2, 0.25) is 5.95 Å². The lowest BCUT2D eigenvalue weighted by atomic mass is 9.90. The van der Waals surface area contributed by atoms with Crippen LogP contribution in [0.15, 0.2) is 54.9 Å². The van der Waals surface area contributed by atoms with Crippen molar-refractivity contribution in [3.05, 3.63) is 66.2 Å². The molecule has 1 aliphatic heterocycles. The van der Waals surface area contributed by atoms with Crippen molar-refractivity contribution in [3.8, 4) is 16.9 Å². The Morgan fingerprint density at radius 2 is 2.00 bits per heavy atom. The summed E-state index contributed by atoms with van der Waals surface area (Å²) in [6.45, 7) is 2.87. The van der Waals surface area contributed by atoms with Crippen LogP contribution in [0.4, 0.5) is 5.95 Å². The molecule has 1 saturated heterocycles. The maximum atomic E-state index is 5.95. The highest BCUT2D eigenvalue weighted by atomic mass is 16.5. The van der Waals surface area contributed by atoms with Gasteiger partial charge in [0.25, 0.3) is 0 Å². The van der Waals surface area contributed by atoms with Crippen molar-refractivity contribution >= 4 is 5.95 Å². The van der Waals surface area contributed by atoms with E-state index in [0.717, 1.165) is 60.7 Å². The number of hydrogen-bond acceptors (Lipinski definition) is 6. The third-order valence-electron chi connectivity index (χ3n) is 5.24. The molecule has 6 nitrogen and oxygen atoms in total. The van der Waals surface area contributed by atoms with E-state index < -0.39 is 0 Å². The molecule has 0 amide bonds. The van der Waals surface area contributed by atoms with Crippen molar-refractivity contribution in [2.24, 2.45) is 0 Å². The van der Waals surface area contributed by atoms with E-state index in [9.17, 15) is 0 Å². The topological polar surface area (TPSA) is 77.2 Å². The van der Waals surface area contributed by atoms with Crippen molar-refractivity contribution in [3.63, 3.8) is 0 Å². The van der Waals surface area contributed by atoms with Gasteiger partial charge in [0, 0.05) is 37.0 Å². The number of likely N-dealkylation sites (tertiary alicyclic amines) is 1. The van der Waals surface area contributed by atoms with Crippen LogP contribution in [-0.2, 0) is 6.54 Å². The summed E-state index contributed by atoms with van der Waals surface area (Å²) < 4.78 is 5.28. The third-order valence-corrected chi connectivity index (χ3v) is 5.24. The first kappa shape index (κ1) is 18.4. The van der Waals surface area contributed by atoms with Gasteiger partial charge >= 0.3 is 0 Å². The van der Waals surface area contributed by atoms with Gasteiger partial charge in [-0.2, -0.15) is 0 Å². The molecular formula is C22H25N5O. The molecule has 144 valence electrons. The molecule has 4 rings (SSSR count). The minimum Gasteiger partial charge on any atom is -0.497 e. The number of piperidine rings is 1. The van der Waals surface area contributed by atoms with Gasteiger partial charge in [0.15, 0.2) is 0 Å². The van der Waals surface area contributed by atoms with Gasteiger partial charge in [-0.25, -0.2) is 9.97 Å². The van der Waals surface area contributed by atoms with E-state index in [-0.39, 0.29) is 0 Å². The molecule has 0 radical (unpaired) electrons. The van der Waals surface area contributed by atoms with Crippen molar-refractivity contribution in [1.29, 1.82) is 0 Å². The number of nitrogen functional groups attached to an aromatic ring is 1. The van der Waals surface area contributed by atoms with Crippen LogP contribution in [0, 0.1) is 0 Å². The Morgan fingerprint density at radius 1 is 1.14 bits per heavy atom. The number of aromatic nitrogens is 3. The van der Waals surface area contributed by atoms with Gasteiger partial charge in [-0.1, -0.05) is 18.2 Å². The van der Waals surface area contributed by atoms with E-state index in [4.69, 9.17) is 10.5 Å². The molecule has 1 fully saturated rings. The summed E-state index contributed by atoms with van der Waals surface area (Å²) >= 11 is 0. The molecule has 1 aliphatic rings. The summed E-state index contributed by atoms with van der Waals surface area (Å²) in [6, 6.07) is 14.1. The van der Waals surface area contributed by atoms with Gasteiger partial charge < -0.3 is 10.5 Å². The molecular weight excluding hydrogens is 350 g/mol. The monoisotopic (exact) mass is 375 g/mol. The smallest absolute Gasteiger partial charge is 0.220 e. The van der Waals surface area contributed by atoms with Crippen molar-refractivity contribution in [2.45, 2.75) is 25.3 Å². The Bertz CT molecular complexity index is 914. The molecule has 28 heavy (non-hydrogen) atoms. The Morgan fingerprint density at radius 3 is 2.75 bits per heavy atom. The number of anilines is 1. The summed E-state index contributed by atoms with van der Waals surface area (Å²) in [4.78, 5) is 15.8. The van der Waals surface area contributed by atoms with E-state index in [1.54, 1.807) is 7.11 Å². The summed E-state index contributed by atoms with van der Waals surface area (Å²) in [6.07, 6.45) is 5.92. The van der Waals surface area contributed by atoms with Crippen molar-refractivity contribution in [1.82, 2.24) is 19.9 Å². The highest BCUT2D eigenvalue weighted by molar-refractivity contribution is 5.67. The van der Waals surface area contributed by atoms with Crippen molar-refractivity contribution in [2.75, 3.05) is 25.9 Å². The average molecular weight is 375 g/mol. The van der Waals surface area contributed by atoms with Crippen LogP contribution in [0.3, 0.4) is 0 Å². The molecule has 0 bridgehead atoms. The fraction of sp³-hybridized carbons (Fsp3) is 0.318. The molecule has 3 aromatic rings. The molecule has 3 heterocycles. The van der Waals surface area contributed by atoms with Crippen LogP contribution in [0.25, 0.3) is 11.1 Å². The summed E-state index contributed by atoms with van der Waals surface area (Å²) in [5.74, 6) is 1.48. The first-order valence-electron chi connectivity index (χ1n) is 9.62. The highest BCUT2D eigenvalue weighted by Gasteiger charge is 2.25. The number of pyridine rings is 1. The van der Waals surface area contributed by atoms with E-state index in [1.165, 1.54) is 0 Å². The largest absolute Gasteiger partial charge is 0.497 e. The lowest BCUT2D eigenvalue weighted by molar-refractivity contribution is 0.196. The van der Waals surface area contributed by atoms with Gasteiger partial charge in [0.05, 0.1) is 18.5 Å². The van der Waals surface area contributed by atoms with E-state index in [2.05, 4.69) is 25.9 Å². The number of methoxy groups -OCH3 is 1. The van der Waals surface area contributed by atoms with Crippen LogP contribution >= 0.6 is 0 Å². The van der Waals surface area contributed by atoms with E-state index >= 15 is 0 Å². The van der Waals surface area contributed by atoms with Crippen LogP contribution < -0.4 is 10.5 Å². The summed E-state index contributed by atoms with van der Waals surface area (Å²) in [5.41, 5.74) is 10.2. The fourth-order valence-electron chi connectivity index (χ4n) is 3.86. The normalized spacial score (nSPS) is 17.4. The predicted octanol–water partition coefficient (Wildman–Crippen LogP) is 3.51. The average Bonchev–Trinajstić information content (AvgIpc) is 2.75. The number of rotatable bonds is 5. The minimum atomic E-state index is 0.319. The standard InChI is InChI=1S/C22H25N5O/c1-28-19-9-7-16(8-10-19)20-13-25-22(23)26-21(20)17-5-4-12-27(14-17)15-18-6-2-3-11-24-18/h2-3,6-11,13,17H,4-5,12,14-15H2,1H3,(H2,23,25,26)/t17-/m1/s1. The molecule has 6 heteroatoms. The predicted molar refractivity (Wildman–Crippen MR) is 110 cm³/mol. The SMILES string of the molecule is COc1ccc(-c2cnc(N)nc2[C@@H]2CCCN(Cc3ccccn3)C2)cc1. The maximum absolute atomic E-state index is 5.95. The van der Waals surface area contributed by atoms with Crippen molar-refractivity contribution < 1.29 is 4.74 Å². The summed E-state index contributed by atoms with van der Waals surface area (Å²) in [5, 5.41) is 0.